The first-order chi connectivity index (χ1) is 41.2. The fourth-order valence-electron chi connectivity index (χ4n) is 8.31. The number of hydrogen-bond donors (Lipinski definition) is 0. The van der Waals surface area contributed by atoms with Crippen LogP contribution in [0.5, 0.6) is 0 Å². The molecule has 0 aliphatic heterocycles. The molecular weight excluding hydrogens is 1080 g/mol. The van der Waals surface area contributed by atoms with Gasteiger partial charge in [0.25, 0.3) is 0 Å². The molecule has 88 heavy (non-hydrogen) atoms. The summed E-state index contributed by atoms with van der Waals surface area (Å²) in [7, 11) is 0. The molecule has 10 aromatic rings. The van der Waals surface area contributed by atoms with E-state index >= 15 is 0 Å². The standard InChI is InChI=1S/2C13H13N.C12H21N3.C12H11N.C11H18N2.C8H12N2.C7H10N2/c1-10-5-3-7-12(9-10)13-8-4-6-11(2)14-13;1-10-8-14-9-13(11(10)2)12-6-4-3-5-7-12;1-8-13-9(11(2,3)4)15-10(14-8)12(5,6)7;1-10-12(8-5-9-13-10)11-6-3-2-4-7-11;1-7-8(2)12-10(11(4,5)6)13-9(7)3;1-5-6(2)9-8(4)10-7(5)3;1-5-4-8-6(2)7(3)9-5/h2*3-9H,1-2H3;1-7H3;2-9H,1H3;1-6H3;1-4H3;4H,1-3H3. The highest BCUT2D eigenvalue weighted by molar-refractivity contribution is 5.67. The van der Waals surface area contributed by atoms with Crippen LogP contribution in [0.25, 0.3) is 33.5 Å². The Morgan fingerprint density at radius 3 is 1.23 bits per heavy atom. The van der Waals surface area contributed by atoms with Crippen LogP contribution in [0.15, 0.2) is 140 Å². The number of rotatable bonds is 3. The van der Waals surface area contributed by atoms with Crippen LogP contribution in [0, 0.1) is 111 Å². The SMILES string of the molecule is Cc1cccc(-c2cccc(C)n2)c1.Cc1cnc(C)c(C)n1.Cc1cncc(-c2ccccc2)c1C.Cc1nc(C(C)(C)C)nc(C(C)(C)C)n1.Cc1nc(C(C)(C)C)nc(C)c1C.Cc1nc(C)c(C)c(C)n1.Cc1ncccc1-c1ccccc1. The second kappa shape index (κ2) is 32.9. The fraction of sp³-hybridized carbons (Fsp3) is 0.368. The van der Waals surface area contributed by atoms with E-state index in [0.717, 1.165) is 86.1 Å². The van der Waals surface area contributed by atoms with E-state index in [4.69, 9.17) is 0 Å². The average molecular weight is 1180 g/mol. The van der Waals surface area contributed by atoms with Crippen molar-refractivity contribution in [3.05, 3.63) is 248 Å². The smallest absolute Gasteiger partial charge is 0.137 e. The zero-order valence-electron chi connectivity index (χ0n) is 57.6. The maximum absolute atomic E-state index is 4.55. The van der Waals surface area contributed by atoms with E-state index in [1.807, 2.05) is 150 Å². The number of aromatic nitrogens is 12. The van der Waals surface area contributed by atoms with Crippen LogP contribution in [-0.4, -0.2) is 59.8 Å². The van der Waals surface area contributed by atoms with Gasteiger partial charge in [-0.05, 0) is 168 Å². The molecule has 0 aliphatic carbocycles. The second-order valence-corrected chi connectivity index (χ2v) is 25.4. The summed E-state index contributed by atoms with van der Waals surface area (Å²) in [5.74, 6) is 4.36. The van der Waals surface area contributed by atoms with Gasteiger partial charge in [0.15, 0.2) is 0 Å². The first kappa shape index (κ1) is 71.8. The minimum Gasteiger partial charge on any atom is -0.264 e. The Morgan fingerprint density at radius 2 is 0.761 bits per heavy atom. The van der Waals surface area contributed by atoms with Gasteiger partial charge in [-0.2, -0.15) is 0 Å². The minimum atomic E-state index is -0.0201. The Bertz CT molecular complexity index is 3690. The minimum absolute atomic E-state index is 0.0201. The highest BCUT2D eigenvalue weighted by Gasteiger charge is 2.24. The van der Waals surface area contributed by atoms with Gasteiger partial charge in [-0.3, -0.25) is 24.9 Å². The van der Waals surface area contributed by atoms with Gasteiger partial charge in [0.1, 0.15) is 29.1 Å². The van der Waals surface area contributed by atoms with Gasteiger partial charge in [-0.15, -0.1) is 0 Å². The predicted molar refractivity (Wildman–Crippen MR) is 367 cm³/mol. The van der Waals surface area contributed by atoms with Crippen LogP contribution >= 0.6 is 0 Å². The first-order valence-electron chi connectivity index (χ1n) is 30.2. The van der Waals surface area contributed by atoms with Gasteiger partial charge in [0.2, 0.25) is 0 Å². The van der Waals surface area contributed by atoms with Gasteiger partial charge in [-0.25, -0.2) is 34.9 Å². The average Bonchev–Trinajstić information content (AvgIpc) is 3.06. The van der Waals surface area contributed by atoms with Crippen LogP contribution in [-0.2, 0) is 16.2 Å². The summed E-state index contributed by atoms with van der Waals surface area (Å²) < 4.78 is 0. The summed E-state index contributed by atoms with van der Waals surface area (Å²) >= 11 is 0. The molecule has 12 heteroatoms. The summed E-state index contributed by atoms with van der Waals surface area (Å²) in [5.41, 5.74) is 22.9. The predicted octanol–water partition coefficient (Wildman–Crippen LogP) is 18.4. The lowest BCUT2D eigenvalue weighted by molar-refractivity contribution is 0.491. The largest absolute Gasteiger partial charge is 0.264 e. The molecule has 7 heterocycles. The third-order valence-electron chi connectivity index (χ3n) is 14.3. The number of nitrogens with zero attached hydrogens (tertiary/aromatic N) is 12. The maximum Gasteiger partial charge on any atom is 0.137 e. The maximum atomic E-state index is 4.55. The molecule has 0 fully saturated rings. The highest BCUT2D eigenvalue weighted by atomic mass is 15.0. The molecule has 0 spiro atoms. The molecule has 7 aromatic heterocycles. The van der Waals surface area contributed by atoms with E-state index in [2.05, 4.69) is 217 Å². The number of aryl methyl sites for hydroxylation is 13. The zero-order chi connectivity index (χ0) is 65.7. The van der Waals surface area contributed by atoms with Crippen molar-refractivity contribution in [3.8, 4) is 33.5 Å². The van der Waals surface area contributed by atoms with E-state index in [1.165, 1.54) is 55.6 Å². The monoisotopic (exact) mass is 1180 g/mol. The molecule has 0 atom stereocenters. The molecule has 0 radical (unpaired) electrons. The van der Waals surface area contributed by atoms with Gasteiger partial charge in [0.05, 0.1) is 22.8 Å². The third kappa shape index (κ3) is 23.2. The lowest BCUT2D eigenvalue weighted by Gasteiger charge is -2.22. The van der Waals surface area contributed by atoms with Crippen molar-refractivity contribution in [1.29, 1.82) is 0 Å². The molecule has 0 N–H and O–H groups in total. The van der Waals surface area contributed by atoms with Crippen LogP contribution in [0.1, 0.15) is 170 Å². The van der Waals surface area contributed by atoms with Crippen molar-refractivity contribution in [1.82, 2.24) is 59.8 Å². The van der Waals surface area contributed by atoms with Crippen LogP contribution < -0.4 is 0 Å². The van der Waals surface area contributed by atoms with Crippen molar-refractivity contribution in [2.24, 2.45) is 0 Å². The van der Waals surface area contributed by atoms with E-state index < -0.39 is 0 Å². The highest BCUT2D eigenvalue weighted by Crippen LogP contribution is 2.26. The van der Waals surface area contributed by atoms with E-state index in [9.17, 15) is 0 Å². The number of benzene rings is 3. The summed E-state index contributed by atoms with van der Waals surface area (Å²) in [6.45, 7) is 51.4. The molecule has 12 nitrogen and oxygen atoms in total. The van der Waals surface area contributed by atoms with Crippen LogP contribution in [0.3, 0.4) is 0 Å². The van der Waals surface area contributed by atoms with Crippen molar-refractivity contribution >= 4 is 0 Å². The van der Waals surface area contributed by atoms with Crippen molar-refractivity contribution in [2.45, 2.75) is 189 Å². The Hall–Kier alpha value is -8.64. The van der Waals surface area contributed by atoms with Gasteiger partial charge >= 0.3 is 0 Å². The molecular formula is C76H98N12. The molecule has 3 aromatic carbocycles. The molecule has 0 aliphatic rings. The van der Waals surface area contributed by atoms with Gasteiger partial charge in [0, 0.05) is 91.9 Å². The van der Waals surface area contributed by atoms with Crippen molar-refractivity contribution in [2.75, 3.05) is 0 Å². The van der Waals surface area contributed by atoms with Crippen molar-refractivity contribution < 1.29 is 0 Å². The van der Waals surface area contributed by atoms with Gasteiger partial charge in [-0.1, -0.05) is 159 Å². The zero-order valence-corrected chi connectivity index (χ0v) is 57.6. The molecule has 462 valence electrons. The van der Waals surface area contributed by atoms with Crippen molar-refractivity contribution in [3.63, 3.8) is 0 Å². The van der Waals surface area contributed by atoms with Crippen LogP contribution in [0.2, 0.25) is 0 Å². The number of pyridine rings is 3. The third-order valence-corrected chi connectivity index (χ3v) is 14.3. The fourth-order valence-corrected chi connectivity index (χ4v) is 8.31. The lowest BCUT2D eigenvalue weighted by atomic mass is 9.93. The Balaban J connectivity index is 0.000000221. The summed E-state index contributed by atoms with van der Waals surface area (Å²) in [4.78, 5) is 52.1. The molecule has 0 amide bonds. The van der Waals surface area contributed by atoms with E-state index in [-0.39, 0.29) is 16.2 Å². The van der Waals surface area contributed by atoms with E-state index in [1.54, 1.807) is 6.20 Å². The molecule has 0 bridgehead atoms. The Kier molecular flexibility index (Phi) is 26.9. The second-order valence-electron chi connectivity index (χ2n) is 25.4. The molecule has 0 unspecified atom stereocenters. The lowest BCUT2D eigenvalue weighted by Crippen LogP contribution is -2.24. The quantitative estimate of drug-likeness (QED) is 0.165. The molecule has 0 saturated heterocycles. The Morgan fingerprint density at radius 1 is 0.295 bits per heavy atom. The summed E-state index contributed by atoms with van der Waals surface area (Å²) in [6.07, 6.45) is 7.43. The number of hydrogen-bond acceptors (Lipinski definition) is 12. The molecule has 10 rings (SSSR count). The normalized spacial score (nSPS) is 10.8. The molecule has 0 saturated carbocycles. The van der Waals surface area contributed by atoms with Gasteiger partial charge < -0.3 is 0 Å². The Labute approximate surface area is 528 Å². The van der Waals surface area contributed by atoms with Crippen LogP contribution in [0.4, 0.5) is 0 Å². The summed E-state index contributed by atoms with van der Waals surface area (Å²) in [5, 5.41) is 0. The topological polar surface area (TPSA) is 155 Å². The summed E-state index contributed by atoms with van der Waals surface area (Å²) in [6, 6.07) is 39.2. The van der Waals surface area contributed by atoms with E-state index in [0.29, 0.717) is 0 Å². The first-order valence-corrected chi connectivity index (χ1v) is 30.2.